The van der Waals surface area contributed by atoms with E-state index in [1.54, 1.807) is 0 Å². The predicted molar refractivity (Wildman–Crippen MR) is 84.7 cm³/mol. The third-order valence-electron chi connectivity index (χ3n) is 3.44. The van der Waals surface area contributed by atoms with E-state index in [0.29, 0.717) is 6.04 Å². The molecular weight excluding hydrogens is 246 g/mol. The molecule has 1 N–H and O–H groups in total. The maximum atomic E-state index is 4.54. The Balaban J connectivity index is 2.30. The van der Waals surface area contributed by atoms with E-state index >= 15 is 0 Å². The lowest BCUT2D eigenvalue weighted by Crippen LogP contribution is -2.21. The van der Waals surface area contributed by atoms with Gasteiger partial charge in [-0.05, 0) is 30.5 Å². The minimum Gasteiger partial charge on any atom is -0.331 e. The fourth-order valence-electron chi connectivity index (χ4n) is 2.32. The van der Waals surface area contributed by atoms with Gasteiger partial charge in [-0.1, -0.05) is 32.9 Å². The number of aryl methyl sites for hydroxylation is 2. The highest BCUT2D eigenvalue weighted by molar-refractivity contribution is 5.61. The first kappa shape index (κ1) is 14.8. The Morgan fingerprint density at radius 3 is 2.80 bits per heavy atom. The molecule has 0 fully saturated rings. The van der Waals surface area contributed by atoms with Gasteiger partial charge < -0.3 is 9.88 Å². The molecule has 0 atom stereocenters. The lowest BCUT2D eigenvalue weighted by Gasteiger charge is -2.13. The van der Waals surface area contributed by atoms with Gasteiger partial charge in [0.05, 0.1) is 0 Å². The second-order valence-corrected chi connectivity index (χ2v) is 5.63. The Labute approximate surface area is 122 Å². The minimum atomic E-state index is 0.502. The molecule has 2 rings (SSSR count). The average molecular weight is 271 g/mol. The van der Waals surface area contributed by atoms with E-state index < -0.39 is 0 Å². The van der Waals surface area contributed by atoms with Crippen LogP contribution in [0.25, 0.3) is 11.4 Å². The highest BCUT2D eigenvalue weighted by Crippen LogP contribution is 2.23. The van der Waals surface area contributed by atoms with Gasteiger partial charge in [0.25, 0.3) is 0 Å². The first-order valence-electron chi connectivity index (χ1n) is 7.46. The Hall–Kier alpha value is -1.61. The zero-order valence-corrected chi connectivity index (χ0v) is 13.0. The van der Waals surface area contributed by atoms with Crippen LogP contribution in [-0.4, -0.2) is 15.6 Å². The van der Waals surface area contributed by atoms with Gasteiger partial charge in [-0.15, -0.1) is 0 Å². The standard InChI is InChI=1S/C17H25N3/c1-5-9-20-10-8-18-17(20)16-11-15(7-6-14(16)4)12-19-13(2)3/h6-8,10-11,13,19H,5,9,12H2,1-4H3. The lowest BCUT2D eigenvalue weighted by atomic mass is 10.0. The van der Waals surface area contributed by atoms with Crippen LogP contribution in [0.1, 0.15) is 38.3 Å². The quantitative estimate of drug-likeness (QED) is 0.867. The fourth-order valence-corrected chi connectivity index (χ4v) is 2.32. The van der Waals surface area contributed by atoms with E-state index in [-0.39, 0.29) is 0 Å². The van der Waals surface area contributed by atoms with Crippen LogP contribution in [0.4, 0.5) is 0 Å². The van der Waals surface area contributed by atoms with Crippen LogP contribution in [0.2, 0.25) is 0 Å². The van der Waals surface area contributed by atoms with Crippen LogP contribution in [0.5, 0.6) is 0 Å². The number of hydrogen-bond donors (Lipinski definition) is 1. The minimum absolute atomic E-state index is 0.502. The molecule has 3 nitrogen and oxygen atoms in total. The van der Waals surface area contributed by atoms with Crippen LogP contribution < -0.4 is 5.32 Å². The van der Waals surface area contributed by atoms with Crippen molar-refractivity contribution in [2.75, 3.05) is 0 Å². The Morgan fingerprint density at radius 1 is 1.30 bits per heavy atom. The van der Waals surface area contributed by atoms with E-state index in [9.17, 15) is 0 Å². The summed E-state index contributed by atoms with van der Waals surface area (Å²) < 4.78 is 2.24. The first-order chi connectivity index (χ1) is 9.61. The number of nitrogens with zero attached hydrogens (tertiary/aromatic N) is 2. The molecule has 0 unspecified atom stereocenters. The van der Waals surface area contributed by atoms with Gasteiger partial charge in [-0.25, -0.2) is 4.98 Å². The highest BCUT2D eigenvalue weighted by atomic mass is 15.1. The Bertz CT molecular complexity index is 555. The van der Waals surface area contributed by atoms with Crippen molar-refractivity contribution in [2.45, 2.75) is 53.2 Å². The van der Waals surface area contributed by atoms with Crippen molar-refractivity contribution in [3.05, 3.63) is 41.7 Å². The smallest absolute Gasteiger partial charge is 0.140 e. The summed E-state index contributed by atoms with van der Waals surface area (Å²) in [5, 5.41) is 3.47. The summed E-state index contributed by atoms with van der Waals surface area (Å²) in [5.74, 6) is 1.08. The molecule has 0 amide bonds. The summed E-state index contributed by atoms with van der Waals surface area (Å²) in [4.78, 5) is 4.54. The molecule has 0 aliphatic carbocycles. The summed E-state index contributed by atoms with van der Waals surface area (Å²) in [7, 11) is 0. The van der Waals surface area contributed by atoms with E-state index in [1.165, 1.54) is 16.7 Å². The third-order valence-corrected chi connectivity index (χ3v) is 3.44. The van der Waals surface area contributed by atoms with Crippen molar-refractivity contribution in [1.82, 2.24) is 14.9 Å². The van der Waals surface area contributed by atoms with Crippen molar-refractivity contribution in [3.63, 3.8) is 0 Å². The zero-order chi connectivity index (χ0) is 14.5. The number of nitrogens with one attached hydrogen (secondary N) is 1. The molecular formula is C17H25N3. The molecule has 0 radical (unpaired) electrons. The molecule has 0 bridgehead atoms. The summed E-state index contributed by atoms with van der Waals surface area (Å²) in [6.45, 7) is 10.6. The van der Waals surface area contributed by atoms with Crippen molar-refractivity contribution in [2.24, 2.45) is 0 Å². The molecule has 0 saturated carbocycles. The van der Waals surface area contributed by atoms with Crippen molar-refractivity contribution >= 4 is 0 Å². The molecule has 0 spiro atoms. The molecule has 0 aliphatic rings. The second-order valence-electron chi connectivity index (χ2n) is 5.63. The molecule has 0 saturated heterocycles. The third kappa shape index (κ3) is 3.48. The molecule has 20 heavy (non-hydrogen) atoms. The van der Waals surface area contributed by atoms with E-state index in [4.69, 9.17) is 0 Å². The summed E-state index contributed by atoms with van der Waals surface area (Å²) >= 11 is 0. The maximum absolute atomic E-state index is 4.54. The predicted octanol–water partition coefficient (Wildman–Crippen LogP) is 3.77. The van der Waals surface area contributed by atoms with Crippen LogP contribution in [0.15, 0.2) is 30.6 Å². The monoisotopic (exact) mass is 271 g/mol. The molecule has 1 aromatic carbocycles. The Morgan fingerprint density at radius 2 is 2.10 bits per heavy atom. The van der Waals surface area contributed by atoms with Crippen LogP contribution in [0, 0.1) is 6.92 Å². The van der Waals surface area contributed by atoms with Crippen LogP contribution in [-0.2, 0) is 13.1 Å². The van der Waals surface area contributed by atoms with E-state index in [1.807, 2.05) is 6.20 Å². The van der Waals surface area contributed by atoms with Crippen LogP contribution >= 0.6 is 0 Å². The van der Waals surface area contributed by atoms with Gasteiger partial charge in [0.1, 0.15) is 5.82 Å². The lowest BCUT2D eigenvalue weighted by molar-refractivity contribution is 0.589. The van der Waals surface area contributed by atoms with Gasteiger partial charge in [-0.3, -0.25) is 0 Å². The van der Waals surface area contributed by atoms with Gasteiger partial charge in [0.2, 0.25) is 0 Å². The molecule has 1 heterocycles. The largest absolute Gasteiger partial charge is 0.331 e. The number of rotatable bonds is 6. The molecule has 0 aliphatic heterocycles. The normalized spacial score (nSPS) is 11.2. The van der Waals surface area contributed by atoms with Crippen molar-refractivity contribution in [1.29, 1.82) is 0 Å². The average Bonchev–Trinajstić information content (AvgIpc) is 2.86. The molecule has 2 aromatic rings. The van der Waals surface area contributed by atoms with Gasteiger partial charge in [0, 0.05) is 37.1 Å². The van der Waals surface area contributed by atoms with Crippen molar-refractivity contribution in [3.8, 4) is 11.4 Å². The summed E-state index contributed by atoms with van der Waals surface area (Å²) in [5.41, 5.74) is 3.83. The fraction of sp³-hybridized carbons (Fsp3) is 0.471. The van der Waals surface area contributed by atoms with Gasteiger partial charge in [-0.2, -0.15) is 0 Å². The first-order valence-corrected chi connectivity index (χ1v) is 7.46. The summed E-state index contributed by atoms with van der Waals surface area (Å²) in [6, 6.07) is 7.15. The van der Waals surface area contributed by atoms with E-state index in [0.717, 1.165) is 25.3 Å². The molecule has 108 valence electrons. The van der Waals surface area contributed by atoms with Gasteiger partial charge in [0.15, 0.2) is 0 Å². The highest BCUT2D eigenvalue weighted by Gasteiger charge is 2.09. The van der Waals surface area contributed by atoms with Gasteiger partial charge >= 0.3 is 0 Å². The molecule has 1 aromatic heterocycles. The number of benzene rings is 1. The zero-order valence-electron chi connectivity index (χ0n) is 13.0. The maximum Gasteiger partial charge on any atom is 0.140 e. The number of aromatic nitrogens is 2. The second kappa shape index (κ2) is 6.71. The number of imidazole rings is 1. The Kier molecular flexibility index (Phi) is 4.96. The van der Waals surface area contributed by atoms with Crippen LogP contribution in [0.3, 0.4) is 0 Å². The molecule has 3 heteroatoms. The summed E-state index contributed by atoms with van der Waals surface area (Å²) in [6.07, 6.45) is 5.08. The number of hydrogen-bond acceptors (Lipinski definition) is 2. The topological polar surface area (TPSA) is 29.9 Å². The van der Waals surface area contributed by atoms with Crippen molar-refractivity contribution < 1.29 is 0 Å². The SMILES string of the molecule is CCCn1ccnc1-c1cc(CNC(C)C)ccc1C. The van der Waals surface area contributed by atoms with E-state index in [2.05, 4.69) is 67.0 Å².